The lowest BCUT2D eigenvalue weighted by Gasteiger charge is -2.11. The van der Waals surface area contributed by atoms with Gasteiger partial charge in [-0.05, 0) is 30.5 Å². The highest BCUT2D eigenvalue weighted by Gasteiger charge is 2.05. The van der Waals surface area contributed by atoms with Gasteiger partial charge in [0.2, 0.25) is 5.91 Å². The van der Waals surface area contributed by atoms with Gasteiger partial charge < -0.3 is 15.6 Å². The van der Waals surface area contributed by atoms with Crippen LogP contribution in [0, 0.1) is 0 Å². The van der Waals surface area contributed by atoms with E-state index in [1.807, 2.05) is 22.9 Å². The Balaban J connectivity index is 1.77. The number of carbonyl (C=O) groups excluding carboxylic acids is 1. The topological polar surface area (TPSA) is 72.9 Å². The molecule has 1 amide bonds. The Bertz CT molecular complexity index is 580. The summed E-state index contributed by atoms with van der Waals surface area (Å²) in [5, 5.41) is 3.02. The first-order chi connectivity index (χ1) is 11.3. The Hall–Kier alpha value is -2.14. The van der Waals surface area contributed by atoms with E-state index in [0.717, 1.165) is 44.3 Å². The van der Waals surface area contributed by atoms with Gasteiger partial charge in [0.1, 0.15) is 0 Å². The van der Waals surface area contributed by atoms with E-state index in [2.05, 4.69) is 22.4 Å². The summed E-state index contributed by atoms with van der Waals surface area (Å²) in [7, 11) is 0. The first kappa shape index (κ1) is 17.2. The number of unbranched alkanes of at least 4 members (excludes halogenated alkanes) is 3. The van der Waals surface area contributed by atoms with E-state index < -0.39 is 0 Å². The maximum atomic E-state index is 11.9. The molecule has 0 saturated carbocycles. The molecular weight excluding hydrogens is 288 g/mol. The molecular formula is C18H26N4O. The van der Waals surface area contributed by atoms with Crippen molar-refractivity contribution < 1.29 is 4.79 Å². The van der Waals surface area contributed by atoms with E-state index in [4.69, 9.17) is 5.73 Å². The Labute approximate surface area is 137 Å². The van der Waals surface area contributed by atoms with Crippen LogP contribution in [0.3, 0.4) is 0 Å². The minimum atomic E-state index is 0.121. The fourth-order valence-electron chi connectivity index (χ4n) is 2.53. The van der Waals surface area contributed by atoms with Gasteiger partial charge in [-0.3, -0.25) is 4.79 Å². The van der Waals surface area contributed by atoms with Crippen molar-refractivity contribution in [3.05, 3.63) is 54.1 Å². The number of carbonyl (C=O) groups is 1. The second-order valence-corrected chi connectivity index (χ2v) is 5.73. The van der Waals surface area contributed by atoms with Crippen molar-refractivity contribution in [2.75, 3.05) is 6.54 Å². The largest absolute Gasteiger partial charge is 0.352 e. The summed E-state index contributed by atoms with van der Waals surface area (Å²) < 4.78 is 2.03. The smallest absolute Gasteiger partial charge is 0.220 e. The SMILES string of the molecule is NCCCCCCC(=O)NCc1ccccc1Cn1ccnc1. The second-order valence-electron chi connectivity index (χ2n) is 5.73. The number of amides is 1. The normalized spacial score (nSPS) is 10.7. The van der Waals surface area contributed by atoms with Crippen molar-refractivity contribution in [2.24, 2.45) is 5.73 Å². The number of nitrogens with two attached hydrogens (primary N) is 1. The third-order valence-electron chi connectivity index (χ3n) is 3.86. The number of nitrogens with zero attached hydrogens (tertiary/aromatic N) is 2. The Morgan fingerprint density at radius 2 is 1.91 bits per heavy atom. The molecule has 0 spiro atoms. The van der Waals surface area contributed by atoms with Crippen LogP contribution in [0.5, 0.6) is 0 Å². The first-order valence-corrected chi connectivity index (χ1v) is 8.29. The molecule has 0 aliphatic rings. The molecule has 1 aromatic carbocycles. The van der Waals surface area contributed by atoms with Crippen LogP contribution < -0.4 is 11.1 Å². The van der Waals surface area contributed by atoms with Crippen molar-refractivity contribution in [1.29, 1.82) is 0 Å². The number of aromatic nitrogens is 2. The van der Waals surface area contributed by atoms with Crippen molar-refractivity contribution in [2.45, 2.75) is 45.2 Å². The van der Waals surface area contributed by atoms with Crippen LogP contribution in [0.15, 0.2) is 43.0 Å². The van der Waals surface area contributed by atoms with Gasteiger partial charge in [-0.2, -0.15) is 0 Å². The minimum Gasteiger partial charge on any atom is -0.352 e. The van der Waals surface area contributed by atoms with E-state index in [1.165, 1.54) is 5.56 Å². The fourth-order valence-corrected chi connectivity index (χ4v) is 2.53. The Morgan fingerprint density at radius 1 is 1.13 bits per heavy atom. The molecule has 1 heterocycles. The molecule has 0 bridgehead atoms. The summed E-state index contributed by atoms with van der Waals surface area (Å²) in [5.41, 5.74) is 7.81. The summed E-state index contributed by atoms with van der Waals surface area (Å²) in [4.78, 5) is 16.0. The molecule has 5 heteroatoms. The zero-order chi connectivity index (χ0) is 16.3. The molecule has 0 unspecified atom stereocenters. The van der Waals surface area contributed by atoms with Gasteiger partial charge in [-0.25, -0.2) is 4.98 Å². The van der Waals surface area contributed by atoms with Crippen molar-refractivity contribution in [1.82, 2.24) is 14.9 Å². The molecule has 2 rings (SSSR count). The lowest BCUT2D eigenvalue weighted by molar-refractivity contribution is -0.121. The molecule has 0 fully saturated rings. The van der Waals surface area contributed by atoms with Crippen LogP contribution >= 0.6 is 0 Å². The zero-order valence-corrected chi connectivity index (χ0v) is 13.6. The van der Waals surface area contributed by atoms with Gasteiger partial charge in [0.25, 0.3) is 0 Å². The molecule has 23 heavy (non-hydrogen) atoms. The van der Waals surface area contributed by atoms with E-state index >= 15 is 0 Å². The number of benzene rings is 1. The molecule has 5 nitrogen and oxygen atoms in total. The molecule has 0 saturated heterocycles. The Kier molecular flexibility index (Phi) is 7.33. The predicted octanol–water partition coefficient (Wildman–Crippen LogP) is 2.46. The number of imidazole rings is 1. The molecule has 0 aliphatic carbocycles. The zero-order valence-electron chi connectivity index (χ0n) is 13.6. The summed E-state index contributed by atoms with van der Waals surface area (Å²) in [5.74, 6) is 0.121. The minimum absolute atomic E-state index is 0.121. The van der Waals surface area contributed by atoms with E-state index in [9.17, 15) is 4.79 Å². The number of rotatable bonds is 10. The highest BCUT2D eigenvalue weighted by Crippen LogP contribution is 2.11. The standard InChI is InChI=1S/C18H26N4O/c19-10-6-2-1-3-9-18(23)21-13-16-7-4-5-8-17(16)14-22-12-11-20-15-22/h4-5,7-8,11-12,15H,1-3,6,9-10,13-14,19H2,(H,21,23). The monoisotopic (exact) mass is 314 g/mol. The average molecular weight is 314 g/mol. The van der Waals surface area contributed by atoms with Gasteiger partial charge >= 0.3 is 0 Å². The first-order valence-electron chi connectivity index (χ1n) is 8.29. The van der Waals surface area contributed by atoms with Crippen molar-refractivity contribution >= 4 is 5.91 Å². The van der Waals surface area contributed by atoms with Crippen molar-refractivity contribution in [3.8, 4) is 0 Å². The van der Waals surface area contributed by atoms with Gasteiger partial charge in [-0.1, -0.05) is 37.1 Å². The summed E-state index contributed by atoms with van der Waals surface area (Å²) in [6.45, 7) is 2.08. The highest BCUT2D eigenvalue weighted by atomic mass is 16.1. The van der Waals surface area contributed by atoms with E-state index in [-0.39, 0.29) is 5.91 Å². The van der Waals surface area contributed by atoms with Crippen LogP contribution in [0.2, 0.25) is 0 Å². The highest BCUT2D eigenvalue weighted by molar-refractivity contribution is 5.75. The third-order valence-corrected chi connectivity index (χ3v) is 3.86. The van der Waals surface area contributed by atoms with E-state index in [1.54, 1.807) is 12.5 Å². The predicted molar refractivity (Wildman–Crippen MR) is 91.8 cm³/mol. The van der Waals surface area contributed by atoms with Gasteiger partial charge in [0, 0.05) is 31.9 Å². The van der Waals surface area contributed by atoms with Crippen LogP contribution in [-0.2, 0) is 17.9 Å². The van der Waals surface area contributed by atoms with Crippen molar-refractivity contribution in [3.63, 3.8) is 0 Å². The molecule has 0 aliphatic heterocycles. The van der Waals surface area contributed by atoms with Crippen LogP contribution in [0.25, 0.3) is 0 Å². The summed E-state index contributed by atoms with van der Waals surface area (Å²) in [6, 6.07) is 8.18. The quantitative estimate of drug-likeness (QED) is 0.662. The summed E-state index contributed by atoms with van der Waals surface area (Å²) in [6.07, 6.45) is 10.3. The lowest BCUT2D eigenvalue weighted by Crippen LogP contribution is -2.23. The number of hydrogen-bond acceptors (Lipinski definition) is 3. The maximum absolute atomic E-state index is 11.9. The molecule has 3 N–H and O–H groups in total. The Morgan fingerprint density at radius 3 is 2.65 bits per heavy atom. The maximum Gasteiger partial charge on any atom is 0.220 e. The summed E-state index contributed by atoms with van der Waals surface area (Å²) >= 11 is 0. The van der Waals surface area contributed by atoms with Gasteiger partial charge in [-0.15, -0.1) is 0 Å². The van der Waals surface area contributed by atoms with Gasteiger partial charge in [0.15, 0.2) is 0 Å². The molecule has 0 atom stereocenters. The molecule has 0 radical (unpaired) electrons. The number of nitrogens with one attached hydrogen (secondary N) is 1. The molecule has 124 valence electrons. The van der Waals surface area contributed by atoms with Gasteiger partial charge in [0.05, 0.1) is 6.33 Å². The lowest BCUT2D eigenvalue weighted by atomic mass is 10.1. The van der Waals surface area contributed by atoms with Crippen LogP contribution in [0.4, 0.5) is 0 Å². The van der Waals surface area contributed by atoms with Crippen LogP contribution in [-0.4, -0.2) is 22.0 Å². The number of hydrogen-bond donors (Lipinski definition) is 2. The fraction of sp³-hybridized carbons (Fsp3) is 0.444. The molecule has 1 aromatic heterocycles. The van der Waals surface area contributed by atoms with Crippen LogP contribution in [0.1, 0.15) is 43.2 Å². The molecule has 2 aromatic rings. The third kappa shape index (κ3) is 6.24. The van der Waals surface area contributed by atoms with E-state index in [0.29, 0.717) is 13.0 Å². The second kappa shape index (κ2) is 9.79. The average Bonchev–Trinajstić information content (AvgIpc) is 3.07.